The van der Waals surface area contributed by atoms with Gasteiger partial charge in [0.25, 0.3) is 5.91 Å². The highest BCUT2D eigenvalue weighted by Crippen LogP contribution is 2.41. The number of alkyl halides is 3. The molecule has 188 valence electrons. The van der Waals surface area contributed by atoms with Crippen molar-refractivity contribution in [2.75, 3.05) is 11.9 Å². The van der Waals surface area contributed by atoms with Gasteiger partial charge in [0.15, 0.2) is 5.82 Å². The SMILES string of the molecule is C[C@H](Nc1cc(C(N)=O)nc(-c2ccc3c(c2)OC[C@H](O)C3c2ccc(C(F)(F)F)cc2)n1)C(N)=O. The van der Waals surface area contributed by atoms with E-state index in [1.165, 1.54) is 25.1 Å². The second-order valence-corrected chi connectivity index (χ2v) is 8.32. The van der Waals surface area contributed by atoms with Crippen LogP contribution in [0.2, 0.25) is 0 Å². The summed E-state index contributed by atoms with van der Waals surface area (Å²) in [5.74, 6) is -1.45. The van der Waals surface area contributed by atoms with Crippen LogP contribution >= 0.6 is 0 Å². The van der Waals surface area contributed by atoms with Crippen LogP contribution in [-0.4, -0.2) is 45.6 Å². The lowest BCUT2D eigenvalue weighted by Gasteiger charge is -2.31. The molecule has 3 aromatic rings. The molecule has 4 rings (SSSR count). The molecular formula is C24H22F3N5O4. The monoisotopic (exact) mass is 501 g/mol. The van der Waals surface area contributed by atoms with Gasteiger partial charge in [-0.05, 0) is 30.7 Å². The first kappa shape index (κ1) is 24.9. The van der Waals surface area contributed by atoms with Gasteiger partial charge in [-0.1, -0.05) is 24.3 Å². The summed E-state index contributed by atoms with van der Waals surface area (Å²) >= 11 is 0. The number of carbonyl (C=O) groups is 2. The molecule has 0 fully saturated rings. The number of fused-ring (bicyclic) bond motifs is 1. The first-order chi connectivity index (χ1) is 16.9. The molecule has 0 aliphatic carbocycles. The maximum atomic E-state index is 13.0. The van der Waals surface area contributed by atoms with Gasteiger partial charge < -0.3 is 26.6 Å². The molecule has 36 heavy (non-hydrogen) atoms. The van der Waals surface area contributed by atoms with Crippen LogP contribution in [0.15, 0.2) is 48.5 Å². The van der Waals surface area contributed by atoms with E-state index in [0.717, 1.165) is 12.1 Å². The highest BCUT2D eigenvalue weighted by atomic mass is 19.4. The number of carbonyl (C=O) groups excluding carboxylic acids is 2. The smallest absolute Gasteiger partial charge is 0.416 e. The number of hydrogen-bond donors (Lipinski definition) is 4. The fourth-order valence-corrected chi connectivity index (χ4v) is 3.88. The van der Waals surface area contributed by atoms with Crippen molar-refractivity contribution in [2.45, 2.75) is 31.2 Å². The molecule has 0 saturated heterocycles. The summed E-state index contributed by atoms with van der Waals surface area (Å²) in [5.41, 5.74) is 11.3. The van der Waals surface area contributed by atoms with Crippen LogP contribution in [0, 0.1) is 0 Å². The van der Waals surface area contributed by atoms with Crippen LogP contribution in [0.1, 0.15) is 40.0 Å². The number of anilines is 1. The molecule has 6 N–H and O–H groups in total. The van der Waals surface area contributed by atoms with E-state index in [0.29, 0.717) is 22.4 Å². The minimum Gasteiger partial charge on any atom is -0.491 e. The molecule has 1 unspecified atom stereocenters. The maximum absolute atomic E-state index is 13.0. The number of rotatable bonds is 6. The fraction of sp³-hybridized carbons (Fsp3) is 0.250. The Morgan fingerprint density at radius 3 is 2.42 bits per heavy atom. The van der Waals surface area contributed by atoms with E-state index in [1.54, 1.807) is 18.2 Å². The Labute approximate surface area is 203 Å². The van der Waals surface area contributed by atoms with Crippen molar-refractivity contribution in [3.05, 3.63) is 70.9 Å². The number of amides is 2. The molecule has 2 heterocycles. The van der Waals surface area contributed by atoms with Crippen molar-refractivity contribution >= 4 is 17.6 Å². The molecule has 0 bridgehead atoms. The van der Waals surface area contributed by atoms with Crippen LogP contribution in [0.3, 0.4) is 0 Å². The van der Waals surface area contributed by atoms with Crippen molar-refractivity contribution in [3.8, 4) is 17.1 Å². The lowest BCUT2D eigenvalue weighted by Crippen LogP contribution is -2.33. The van der Waals surface area contributed by atoms with Gasteiger partial charge >= 0.3 is 6.18 Å². The summed E-state index contributed by atoms with van der Waals surface area (Å²) in [7, 11) is 0. The van der Waals surface area contributed by atoms with Crippen molar-refractivity contribution in [1.29, 1.82) is 0 Å². The molecule has 0 saturated carbocycles. The van der Waals surface area contributed by atoms with Gasteiger partial charge in [-0.15, -0.1) is 0 Å². The van der Waals surface area contributed by atoms with Crippen LogP contribution in [-0.2, 0) is 11.0 Å². The van der Waals surface area contributed by atoms with Gasteiger partial charge in [-0.25, -0.2) is 9.97 Å². The predicted octanol–water partition coefficient (Wildman–Crippen LogP) is 2.43. The standard InChI is InChI=1S/C24H22F3N5O4/c1-11(21(28)34)30-19-9-16(22(29)35)31-23(32-19)13-4-7-15-18(8-13)36-10-17(33)20(15)12-2-5-14(6-3-12)24(25,26)27/h2-9,11,17,20,33H,10H2,1H3,(H2,28,34)(H2,29,35)(H,30,31,32)/t11-,17-,20?/m0/s1. The van der Waals surface area contributed by atoms with Crippen molar-refractivity contribution in [1.82, 2.24) is 9.97 Å². The Bertz CT molecular complexity index is 1310. The molecule has 2 amide bonds. The molecule has 3 atom stereocenters. The number of nitrogens with one attached hydrogen (secondary N) is 1. The normalized spacial score (nSPS) is 18.0. The summed E-state index contributed by atoms with van der Waals surface area (Å²) < 4.78 is 44.6. The number of primary amides is 2. The van der Waals surface area contributed by atoms with Crippen LogP contribution in [0.4, 0.5) is 19.0 Å². The summed E-state index contributed by atoms with van der Waals surface area (Å²) in [6.07, 6.45) is -5.46. The van der Waals surface area contributed by atoms with Crippen LogP contribution < -0.4 is 21.5 Å². The van der Waals surface area contributed by atoms with Crippen molar-refractivity contribution in [2.24, 2.45) is 11.5 Å². The van der Waals surface area contributed by atoms with E-state index in [1.807, 2.05) is 0 Å². The predicted molar refractivity (Wildman–Crippen MR) is 123 cm³/mol. The average Bonchev–Trinajstić information content (AvgIpc) is 2.83. The number of ether oxygens (including phenoxy) is 1. The number of aliphatic hydroxyl groups excluding tert-OH is 1. The van der Waals surface area contributed by atoms with E-state index >= 15 is 0 Å². The van der Waals surface area contributed by atoms with Gasteiger partial charge in [-0.2, -0.15) is 13.2 Å². The Morgan fingerprint density at radius 1 is 1.11 bits per heavy atom. The molecular weight excluding hydrogens is 479 g/mol. The Morgan fingerprint density at radius 2 is 1.81 bits per heavy atom. The van der Waals surface area contributed by atoms with E-state index < -0.39 is 41.6 Å². The molecule has 2 aromatic carbocycles. The van der Waals surface area contributed by atoms with Crippen LogP contribution in [0.5, 0.6) is 5.75 Å². The maximum Gasteiger partial charge on any atom is 0.416 e. The summed E-state index contributed by atoms with van der Waals surface area (Å²) in [6.45, 7) is 1.43. The fourth-order valence-electron chi connectivity index (χ4n) is 3.88. The molecule has 1 aliphatic rings. The number of aromatic nitrogens is 2. The van der Waals surface area contributed by atoms with Crippen molar-refractivity contribution in [3.63, 3.8) is 0 Å². The second-order valence-electron chi connectivity index (χ2n) is 8.32. The number of hydrogen-bond acceptors (Lipinski definition) is 7. The Kier molecular flexibility index (Phi) is 6.55. The van der Waals surface area contributed by atoms with Crippen LogP contribution in [0.25, 0.3) is 11.4 Å². The van der Waals surface area contributed by atoms with Crippen molar-refractivity contribution < 1.29 is 32.6 Å². The quantitative estimate of drug-likeness (QED) is 0.405. The number of aliphatic hydroxyl groups is 1. The van der Waals surface area contributed by atoms with E-state index in [-0.39, 0.29) is 23.9 Å². The van der Waals surface area contributed by atoms with Gasteiger partial charge in [0.05, 0.1) is 11.7 Å². The summed E-state index contributed by atoms with van der Waals surface area (Å²) in [4.78, 5) is 31.7. The minimum atomic E-state index is -4.47. The summed E-state index contributed by atoms with van der Waals surface area (Å²) in [5, 5.41) is 13.4. The number of nitrogens with two attached hydrogens (primary N) is 2. The third-order valence-electron chi connectivity index (χ3n) is 5.77. The van der Waals surface area contributed by atoms with Gasteiger partial charge in [0.1, 0.15) is 29.9 Å². The van der Waals surface area contributed by atoms with E-state index in [2.05, 4.69) is 15.3 Å². The molecule has 1 aromatic heterocycles. The number of halogens is 3. The molecule has 1 aliphatic heterocycles. The molecule has 12 heteroatoms. The zero-order valence-electron chi connectivity index (χ0n) is 18.9. The number of benzene rings is 2. The third-order valence-corrected chi connectivity index (χ3v) is 5.77. The highest BCUT2D eigenvalue weighted by molar-refractivity contribution is 5.92. The zero-order chi connectivity index (χ0) is 26.2. The van der Waals surface area contributed by atoms with Gasteiger partial charge in [0, 0.05) is 23.1 Å². The minimum absolute atomic E-state index is 0.0900. The Hall–Kier alpha value is -4.19. The third kappa shape index (κ3) is 5.08. The highest BCUT2D eigenvalue weighted by Gasteiger charge is 2.34. The largest absolute Gasteiger partial charge is 0.491 e. The lowest BCUT2D eigenvalue weighted by atomic mass is 9.84. The van der Waals surface area contributed by atoms with E-state index in [9.17, 15) is 27.9 Å². The first-order valence-electron chi connectivity index (χ1n) is 10.8. The molecule has 9 nitrogen and oxygen atoms in total. The number of nitrogens with zero attached hydrogens (tertiary/aromatic N) is 2. The summed E-state index contributed by atoms with van der Waals surface area (Å²) in [6, 6.07) is 9.97. The Balaban J connectivity index is 1.71. The molecule has 0 radical (unpaired) electrons. The van der Waals surface area contributed by atoms with Gasteiger partial charge in [-0.3, -0.25) is 9.59 Å². The zero-order valence-corrected chi connectivity index (χ0v) is 18.9. The van der Waals surface area contributed by atoms with Gasteiger partial charge in [0.2, 0.25) is 5.91 Å². The lowest BCUT2D eigenvalue weighted by molar-refractivity contribution is -0.137. The first-order valence-corrected chi connectivity index (χ1v) is 10.8. The van der Waals surface area contributed by atoms with E-state index in [4.69, 9.17) is 16.2 Å². The second kappa shape index (κ2) is 9.46. The topological polar surface area (TPSA) is 153 Å². The average molecular weight is 501 g/mol. The molecule has 0 spiro atoms.